The molecule has 20 heavy (non-hydrogen) atoms. The van der Waals surface area contributed by atoms with Crippen LogP contribution in [0.1, 0.15) is 37.7 Å². The largest absolute Gasteiger partial charge is 0.392 e. The van der Waals surface area contributed by atoms with Crippen molar-refractivity contribution in [2.24, 2.45) is 5.92 Å². The van der Waals surface area contributed by atoms with Crippen molar-refractivity contribution in [3.63, 3.8) is 0 Å². The zero-order chi connectivity index (χ0) is 14.2. The summed E-state index contributed by atoms with van der Waals surface area (Å²) in [6.45, 7) is 0.680. The van der Waals surface area contributed by atoms with Gasteiger partial charge in [-0.2, -0.15) is 0 Å². The van der Waals surface area contributed by atoms with Crippen LogP contribution in [0.25, 0.3) is 0 Å². The van der Waals surface area contributed by atoms with Crippen molar-refractivity contribution in [2.75, 3.05) is 6.61 Å². The van der Waals surface area contributed by atoms with Crippen LogP contribution in [0.3, 0.4) is 0 Å². The molecule has 0 bridgehead atoms. The normalized spacial score (nSPS) is 26.2. The fourth-order valence-electron chi connectivity index (χ4n) is 3.45. The Kier molecular flexibility index (Phi) is 3.78. The van der Waals surface area contributed by atoms with Crippen molar-refractivity contribution < 1.29 is 18.6 Å². The zero-order valence-electron chi connectivity index (χ0n) is 11.4. The minimum absolute atomic E-state index is 0.0168. The van der Waals surface area contributed by atoms with Crippen molar-refractivity contribution in [1.82, 2.24) is 0 Å². The first-order chi connectivity index (χ1) is 9.56. The van der Waals surface area contributed by atoms with E-state index in [2.05, 4.69) is 0 Å². The Morgan fingerprint density at radius 1 is 1.25 bits per heavy atom. The molecule has 2 fully saturated rings. The summed E-state index contributed by atoms with van der Waals surface area (Å²) in [5, 5.41) is 10.4. The molecule has 110 valence electrons. The predicted molar refractivity (Wildman–Crippen MR) is 71.3 cm³/mol. The third kappa shape index (κ3) is 2.86. The molecule has 2 unspecified atom stereocenters. The van der Waals surface area contributed by atoms with Gasteiger partial charge in [-0.25, -0.2) is 8.78 Å². The number of rotatable bonds is 3. The Morgan fingerprint density at radius 2 is 1.95 bits per heavy atom. The van der Waals surface area contributed by atoms with Gasteiger partial charge in [0, 0.05) is 12.7 Å². The minimum Gasteiger partial charge on any atom is -0.392 e. The molecule has 1 heterocycles. The Morgan fingerprint density at radius 3 is 2.55 bits per heavy atom. The molecule has 1 aromatic carbocycles. The molecule has 2 atom stereocenters. The maximum absolute atomic E-state index is 13.2. The highest BCUT2D eigenvalue weighted by molar-refractivity contribution is 5.19. The van der Waals surface area contributed by atoms with Crippen LogP contribution in [0.15, 0.2) is 18.2 Å². The molecular formula is C16H20F2O2. The maximum Gasteiger partial charge on any atom is 0.126 e. The highest BCUT2D eigenvalue weighted by Gasteiger charge is 2.44. The average molecular weight is 282 g/mol. The summed E-state index contributed by atoms with van der Waals surface area (Å²) in [6.07, 6.45) is 4.77. The number of aliphatic hydroxyl groups is 1. The Labute approximate surface area is 117 Å². The summed E-state index contributed by atoms with van der Waals surface area (Å²) in [5.41, 5.74) is 0.501. The third-order valence-corrected chi connectivity index (χ3v) is 4.71. The van der Waals surface area contributed by atoms with Gasteiger partial charge < -0.3 is 9.84 Å². The van der Waals surface area contributed by atoms with Gasteiger partial charge in [-0.1, -0.05) is 0 Å². The highest BCUT2D eigenvalue weighted by Crippen LogP contribution is 2.45. The van der Waals surface area contributed by atoms with E-state index in [1.54, 1.807) is 0 Å². The molecule has 1 aliphatic heterocycles. The molecule has 4 heteroatoms. The van der Waals surface area contributed by atoms with Crippen molar-refractivity contribution in [2.45, 2.75) is 50.2 Å². The molecular weight excluding hydrogens is 262 g/mol. The van der Waals surface area contributed by atoms with E-state index >= 15 is 0 Å². The Balaban J connectivity index is 1.64. The van der Waals surface area contributed by atoms with Gasteiger partial charge >= 0.3 is 0 Å². The van der Waals surface area contributed by atoms with Crippen LogP contribution in [-0.4, -0.2) is 23.4 Å². The molecule has 0 aromatic heterocycles. The van der Waals surface area contributed by atoms with Crippen LogP contribution in [-0.2, 0) is 11.2 Å². The lowest BCUT2D eigenvalue weighted by Gasteiger charge is -2.48. The van der Waals surface area contributed by atoms with Crippen LogP contribution in [0.5, 0.6) is 0 Å². The number of hydrogen-bond acceptors (Lipinski definition) is 2. The number of aliphatic hydroxyl groups excluding tert-OH is 1. The van der Waals surface area contributed by atoms with E-state index < -0.39 is 17.7 Å². The second-order valence-corrected chi connectivity index (χ2v) is 6.19. The monoisotopic (exact) mass is 282 g/mol. The molecule has 2 aliphatic rings. The van der Waals surface area contributed by atoms with Gasteiger partial charge in [-0.15, -0.1) is 0 Å². The topological polar surface area (TPSA) is 29.5 Å². The highest BCUT2D eigenvalue weighted by atomic mass is 19.1. The smallest absolute Gasteiger partial charge is 0.126 e. The summed E-state index contributed by atoms with van der Waals surface area (Å²) in [5.74, 6) is -1.01. The maximum atomic E-state index is 13.2. The molecule has 3 rings (SSSR count). The summed E-state index contributed by atoms with van der Waals surface area (Å²) < 4.78 is 32.2. The van der Waals surface area contributed by atoms with Crippen molar-refractivity contribution in [3.8, 4) is 0 Å². The van der Waals surface area contributed by atoms with Crippen molar-refractivity contribution in [1.29, 1.82) is 0 Å². The summed E-state index contributed by atoms with van der Waals surface area (Å²) in [7, 11) is 0. The first kappa shape index (κ1) is 14.0. The van der Waals surface area contributed by atoms with Gasteiger partial charge in [-0.05, 0) is 62.1 Å². The van der Waals surface area contributed by atoms with Gasteiger partial charge in [0.05, 0.1) is 11.7 Å². The molecule has 1 spiro atoms. The Hall–Kier alpha value is -1.00. The van der Waals surface area contributed by atoms with E-state index in [0.29, 0.717) is 18.6 Å². The fourth-order valence-corrected chi connectivity index (χ4v) is 3.45. The lowest BCUT2D eigenvalue weighted by Crippen LogP contribution is -2.48. The number of ether oxygens (including phenoxy) is 1. The fraction of sp³-hybridized carbons (Fsp3) is 0.625. The molecule has 1 saturated carbocycles. The molecule has 0 radical (unpaired) electrons. The Bertz CT molecular complexity index is 465. The first-order valence-electron chi connectivity index (χ1n) is 7.33. The standard InChI is InChI=1S/C16H20F2O2/c17-13-6-11(7-14(18)9-13)8-15(19)12-2-5-20-16(10-12)3-1-4-16/h6-7,9,12,15,19H,1-5,8,10H2. The molecule has 0 amide bonds. The van der Waals surface area contributed by atoms with E-state index in [4.69, 9.17) is 4.74 Å². The van der Waals surface area contributed by atoms with Gasteiger partial charge in [0.2, 0.25) is 0 Å². The molecule has 1 N–H and O–H groups in total. The number of hydrogen-bond donors (Lipinski definition) is 1. The lowest BCUT2D eigenvalue weighted by atomic mass is 9.70. The van der Waals surface area contributed by atoms with Gasteiger partial charge in [0.15, 0.2) is 0 Å². The van der Waals surface area contributed by atoms with Crippen LogP contribution in [0, 0.1) is 17.6 Å². The van der Waals surface area contributed by atoms with Gasteiger partial charge in [0.1, 0.15) is 11.6 Å². The van der Waals surface area contributed by atoms with E-state index in [1.807, 2.05) is 0 Å². The van der Waals surface area contributed by atoms with E-state index in [-0.39, 0.29) is 11.5 Å². The van der Waals surface area contributed by atoms with Crippen LogP contribution >= 0.6 is 0 Å². The van der Waals surface area contributed by atoms with E-state index in [0.717, 1.165) is 31.7 Å². The number of halogens is 2. The quantitative estimate of drug-likeness (QED) is 0.922. The minimum atomic E-state index is -0.588. The predicted octanol–water partition coefficient (Wildman–Crippen LogP) is 3.22. The van der Waals surface area contributed by atoms with Crippen LogP contribution in [0.4, 0.5) is 8.78 Å². The first-order valence-corrected chi connectivity index (χ1v) is 7.33. The molecule has 1 saturated heterocycles. The molecule has 1 aliphatic carbocycles. The second kappa shape index (κ2) is 5.41. The SMILES string of the molecule is OC(Cc1cc(F)cc(F)c1)C1CCOC2(CCC2)C1. The van der Waals surface area contributed by atoms with Gasteiger partial charge in [-0.3, -0.25) is 0 Å². The molecule has 1 aromatic rings. The summed E-state index contributed by atoms with van der Waals surface area (Å²) >= 11 is 0. The van der Waals surface area contributed by atoms with E-state index in [9.17, 15) is 13.9 Å². The van der Waals surface area contributed by atoms with Crippen LogP contribution < -0.4 is 0 Å². The van der Waals surface area contributed by atoms with Crippen molar-refractivity contribution >= 4 is 0 Å². The molecule has 2 nitrogen and oxygen atoms in total. The van der Waals surface area contributed by atoms with Gasteiger partial charge in [0.25, 0.3) is 0 Å². The van der Waals surface area contributed by atoms with Crippen molar-refractivity contribution in [3.05, 3.63) is 35.4 Å². The third-order valence-electron chi connectivity index (χ3n) is 4.71. The summed E-state index contributed by atoms with van der Waals surface area (Å²) in [4.78, 5) is 0. The average Bonchev–Trinajstić information content (AvgIpc) is 2.36. The lowest BCUT2D eigenvalue weighted by molar-refractivity contribution is -0.156. The van der Waals surface area contributed by atoms with Crippen LogP contribution in [0.2, 0.25) is 0 Å². The van der Waals surface area contributed by atoms with E-state index in [1.165, 1.54) is 18.6 Å². The summed E-state index contributed by atoms with van der Waals surface area (Å²) in [6, 6.07) is 3.45. The number of benzene rings is 1. The second-order valence-electron chi connectivity index (χ2n) is 6.19. The zero-order valence-corrected chi connectivity index (χ0v) is 11.4.